The van der Waals surface area contributed by atoms with Crippen LogP contribution in [0, 0.1) is 5.82 Å². The van der Waals surface area contributed by atoms with E-state index in [0.717, 1.165) is 12.4 Å². The number of likely N-dealkylation sites (tertiary alicyclic amines) is 1. The first-order valence-electron chi connectivity index (χ1n) is 7.68. The number of aromatic nitrogens is 3. The monoisotopic (exact) mass is 332 g/mol. The largest absolute Gasteiger partial charge is 0.477 e. The van der Waals surface area contributed by atoms with Gasteiger partial charge >= 0.3 is 6.01 Å². The highest BCUT2D eigenvalue weighted by atomic mass is 19.1. The van der Waals surface area contributed by atoms with Gasteiger partial charge in [-0.1, -0.05) is 0 Å². The van der Waals surface area contributed by atoms with Crippen LogP contribution >= 0.6 is 0 Å². The average molecular weight is 332 g/mol. The SMILES string of the molecule is CCOc1ncccc1C(=O)N1CC[C@@H](Oc2ncc(F)cn2)C1. The molecule has 1 atom stereocenters. The number of amides is 1. The molecule has 2 aromatic heterocycles. The summed E-state index contributed by atoms with van der Waals surface area (Å²) in [6, 6.07) is 3.50. The lowest BCUT2D eigenvalue weighted by molar-refractivity contribution is 0.0764. The van der Waals surface area contributed by atoms with E-state index in [1.807, 2.05) is 6.92 Å². The molecule has 24 heavy (non-hydrogen) atoms. The van der Waals surface area contributed by atoms with Crippen molar-refractivity contribution in [2.24, 2.45) is 0 Å². The smallest absolute Gasteiger partial charge is 0.316 e. The van der Waals surface area contributed by atoms with E-state index in [4.69, 9.17) is 9.47 Å². The molecule has 1 aliphatic heterocycles. The van der Waals surface area contributed by atoms with E-state index in [-0.39, 0.29) is 18.0 Å². The Bertz CT molecular complexity index is 711. The van der Waals surface area contributed by atoms with Gasteiger partial charge in [0.05, 0.1) is 25.5 Å². The topological polar surface area (TPSA) is 77.4 Å². The van der Waals surface area contributed by atoms with Crippen molar-refractivity contribution in [1.82, 2.24) is 19.9 Å². The van der Waals surface area contributed by atoms with Crippen molar-refractivity contribution in [3.63, 3.8) is 0 Å². The molecule has 0 saturated carbocycles. The van der Waals surface area contributed by atoms with E-state index in [9.17, 15) is 9.18 Å². The number of rotatable bonds is 5. The minimum absolute atomic E-state index is 0.104. The van der Waals surface area contributed by atoms with Crippen molar-refractivity contribution in [3.05, 3.63) is 42.1 Å². The molecule has 2 aromatic rings. The number of hydrogen-bond donors (Lipinski definition) is 0. The van der Waals surface area contributed by atoms with Gasteiger partial charge in [0, 0.05) is 19.2 Å². The van der Waals surface area contributed by atoms with Crippen LogP contribution in [0.25, 0.3) is 0 Å². The summed E-state index contributed by atoms with van der Waals surface area (Å²) in [5, 5.41) is 0. The molecule has 7 nitrogen and oxygen atoms in total. The summed E-state index contributed by atoms with van der Waals surface area (Å²) in [7, 11) is 0. The second kappa shape index (κ2) is 7.20. The summed E-state index contributed by atoms with van der Waals surface area (Å²) < 4.78 is 23.8. The predicted octanol–water partition coefficient (Wildman–Crippen LogP) is 1.70. The number of carbonyl (C=O) groups is 1. The lowest BCUT2D eigenvalue weighted by Crippen LogP contribution is -2.31. The van der Waals surface area contributed by atoms with Crippen LogP contribution in [0.15, 0.2) is 30.7 Å². The van der Waals surface area contributed by atoms with Gasteiger partial charge in [0.15, 0.2) is 5.82 Å². The first-order chi connectivity index (χ1) is 11.7. The minimum Gasteiger partial charge on any atom is -0.477 e. The highest BCUT2D eigenvalue weighted by Crippen LogP contribution is 2.21. The maximum Gasteiger partial charge on any atom is 0.316 e. The van der Waals surface area contributed by atoms with E-state index in [1.54, 1.807) is 23.2 Å². The van der Waals surface area contributed by atoms with Gasteiger partial charge in [-0.3, -0.25) is 4.79 Å². The number of pyridine rings is 1. The Hall–Kier alpha value is -2.77. The van der Waals surface area contributed by atoms with E-state index in [2.05, 4.69) is 15.0 Å². The molecule has 0 aliphatic carbocycles. The molecule has 0 radical (unpaired) electrons. The summed E-state index contributed by atoms with van der Waals surface area (Å²) in [4.78, 5) is 26.0. The number of halogens is 1. The maximum absolute atomic E-state index is 12.8. The first-order valence-corrected chi connectivity index (χ1v) is 7.68. The fraction of sp³-hybridized carbons (Fsp3) is 0.375. The van der Waals surface area contributed by atoms with Crippen LogP contribution in [0.1, 0.15) is 23.7 Å². The van der Waals surface area contributed by atoms with Crippen molar-refractivity contribution in [2.45, 2.75) is 19.4 Å². The Labute approximate surface area is 138 Å². The molecule has 126 valence electrons. The standard InChI is InChI=1S/C16H17FN4O3/c1-2-23-14-13(4-3-6-18-14)15(22)21-7-5-12(10-21)24-16-19-8-11(17)9-20-16/h3-4,6,8-9,12H,2,5,7,10H2,1H3/t12-/m1/s1. The van der Waals surface area contributed by atoms with Crippen LogP contribution in [0.4, 0.5) is 4.39 Å². The number of hydrogen-bond acceptors (Lipinski definition) is 6. The molecule has 0 unspecified atom stereocenters. The van der Waals surface area contributed by atoms with Gasteiger partial charge in [0.2, 0.25) is 5.88 Å². The summed E-state index contributed by atoms with van der Waals surface area (Å²) in [6.07, 6.45) is 4.10. The zero-order chi connectivity index (χ0) is 16.9. The molecule has 0 N–H and O–H groups in total. The lowest BCUT2D eigenvalue weighted by Gasteiger charge is -2.18. The highest BCUT2D eigenvalue weighted by molar-refractivity contribution is 5.96. The van der Waals surface area contributed by atoms with Crippen LogP contribution in [0.5, 0.6) is 11.9 Å². The molecule has 0 bridgehead atoms. The normalized spacial score (nSPS) is 16.9. The second-order valence-electron chi connectivity index (χ2n) is 5.25. The Morgan fingerprint density at radius 3 is 2.92 bits per heavy atom. The van der Waals surface area contributed by atoms with E-state index in [0.29, 0.717) is 37.6 Å². The van der Waals surface area contributed by atoms with Crippen molar-refractivity contribution in [1.29, 1.82) is 0 Å². The van der Waals surface area contributed by atoms with Crippen molar-refractivity contribution in [2.75, 3.05) is 19.7 Å². The third-order valence-electron chi connectivity index (χ3n) is 3.58. The summed E-state index contributed by atoms with van der Waals surface area (Å²) in [6.45, 7) is 3.22. The summed E-state index contributed by atoms with van der Waals surface area (Å²) >= 11 is 0. The van der Waals surface area contributed by atoms with Gasteiger partial charge in [0.1, 0.15) is 11.7 Å². The summed E-state index contributed by atoms with van der Waals surface area (Å²) in [5.41, 5.74) is 0.429. The van der Waals surface area contributed by atoms with Crippen molar-refractivity contribution >= 4 is 5.91 Å². The van der Waals surface area contributed by atoms with Crippen molar-refractivity contribution in [3.8, 4) is 11.9 Å². The van der Waals surface area contributed by atoms with Gasteiger partial charge in [0.25, 0.3) is 5.91 Å². The van der Waals surface area contributed by atoms with Crippen LogP contribution in [-0.2, 0) is 0 Å². The minimum atomic E-state index is -0.523. The van der Waals surface area contributed by atoms with Crippen LogP contribution in [0.3, 0.4) is 0 Å². The third-order valence-corrected chi connectivity index (χ3v) is 3.58. The zero-order valence-electron chi connectivity index (χ0n) is 13.2. The molecule has 1 saturated heterocycles. The van der Waals surface area contributed by atoms with Gasteiger partial charge in [-0.15, -0.1) is 0 Å². The van der Waals surface area contributed by atoms with Crippen LogP contribution < -0.4 is 9.47 Å². The molecular weight excluding hydrogens is 315 g/mol. The van der Waals surface area contributed by atoms with E-state index < -0.39 is 5.82 Å². The molecule has 0 aromatic carbocycles. The third kappa shape index (κ3) is 3.58. The number of carbonyl (C=O) groups excluding carboxylic acids is 1. The fourth-order valence-electron chi connectivity index (χ4n) is 2.49. The molecule has 1 fully saturated rings. The second-order valence-corrected chi connectivity index (χ2v) is 5.25. The molecular formula is C16H17FN4O3. The lowest BCUT2D eigenvalue weighted by atomic mass is 10.2. The number of nitrogens with zero attached hydrogens (tertiary/aromatic N) is 4. The van der Waals surface area contributed by atoms with Crippen molar-refractivity contribution < 1.29 is 18.7 Å². The molecule has 1 aliphatic rings. The van der Waals surface area contributed by atoms with Gasteiger partial charge in [-0.05, 0) is 19.1 Å². The molecule has 8 heteroatoms. The Morgan fingerprint density at radius 2 is 2.17 bits per heavy atom. The highest BCUT2D eigenvalue weighted by Gasteiger charge is 2.30. The maximum atomic E-state index is 12.8. The van der Waals surface area contributed by atoms with Gasteiger partial charge in [-0.25, -0.2) is 19.3 Å². The van der Waals surface area contributed by atoms with Crippen LogP contribution in [-0.4, -0.2) is 51.6 Å². The Morgan fingerprint density at radius 1 is 1.38 bits per heavy atom. The van der Waals surface area contributed by atoms with Gasteiger partial charge in [-0.2, -0.15) is 0 Å². The zero-order valence-corrected chi connectivity index (χ0v) is 13.2. The average Bonchev–Trinajstić information content (AvgIpc) is 3.06. The molecule has 1 amide bonds. The molecule has 3 rings (SSSR count). The number of ether oxygens (including phenoxy) is 2. The molecule has 0 spiro atoms. The first kappa shape index (κ1) is 16.1. The Kier molecular flexibility index (Phi) is 4.83. The van der Waals surface area contributed by atoms with E-state index in [1.165, 1.54) is 0 Å². The Balaban J connectivity index is 1.65. The quantitative estimate of drug-likeness (QED) is 0.829. The predicted molar refractivity (Wildman–Crippen MR) is 82.3 cm³/mol. The van der Waals surface area contributed by atoms with E-state index >= 15 is 0 Å². The molecule has 3 heterocycles. The van der Waals surface area contributed by atoms with Crippen LogP contribution in [0.2, 0.25) is 0 Å². The summed E-state index contributed by atoms with van der Waals surface area (Å²) in [5.74, 6) is -0.348. The van der Waals surface area contributed by atoms with Gasteiger partial charge < -0.3 is 14.4 Å². The fourth-order valence-corrected chi connectivity index (χ4v) is 2.49.